The highest BCUT2D eigenvalue weighted by Gasteiger charge is 2.27. The molecule has 0 radical (unpaired) electrons. The second-order valence-electron chi connectivity index (χ2n) is 5.86. The van der Waals surface area contributed by atoms with Gasteiger partial charge in [0.15, 0.2) is 0 Å². The first-order valence-corrected chi connectivity index (χ1v) is 9.84. The third kappa shape index (κ3) is 15.0. The molecular formula is C14H31N5O4S2. The minimum Gasteiger partial charge on any atom is -0.480 e. The number of carboxylic acids is 2. The van der Waals surface area contributed by atoms with Gasteiger partial charge in [-0.15, -0.1) is 0 Å². The van der Waals surface area contributed by atoms with Crippen LogP contribution in [0.5, 0.6) is 0 Å². The molecule has 0 aromatic rings. The van der Waals surface area contributed by atoms with Gasteiger partial charge in [0.05, 0.1) is 5.84 Å². The highest BCUT2D eigenvalue weighted by Crippen LogP contribution is 2.10. The van der Waals surface area contributed by atoms with E-state index >= 15 is 0 Å². The third-order valence-electron chi connectivity index (χ3n) is 2.64. The fourth-order valence-electron chi connectivity index (χ4n) is 1.06. The Bertz CT molecular complexity index is 441. The molecule has 11 heteroatoms. The molecule has 0 saturated heterocycles. The van der Waals surface area contributed by atoms with E-state index in [1.165, 1.54) is 37.4 Å². The van der Waals surface area contributed by atoms with E-state index in [1.54, 1.807) is 6.92 Å². The lowest BCUT2D eigenvalue weighted by Crippen LogP contribution is -2.47. The number of thioether (sulfide) groups is 2. The zero-order valence-corrected chi connectivity index (χ0v) is 16.7. The lowest BCUT2D eigenvalue weighted by atomic mass is 10.1. The Hall–Kier alpha value is -1.01. The number of hydrogen-bond acceptors (Lipinski definition) is 8. The monoisotopic (exact) mass is 397 g/mol. The van der Waals surface area contributed by atoms with E-state index in [9.17, 15) is 9.59 Å². The first-order chi connectivity index (χ1) is 11.4. The summed E-state index contributed by atoms with van der Waals surface area (Å²) in [5, 5.41) is 17.3. The van der Waals surface area contributed by atoms with Crippen molar-refractivity contribution < 1.29 is 19.8 Å². The van der Waals surface area contributed by atoms with E-state index in [4.69, 9.17) is 33.1 Å². The van der Waals surface area contributed by atoms with E-state index in [0.29, 0.717) is 30.4 Å². The Balaban J connectivity index is 0. The molecule has 9 nitrogen and oxygen atoms in total. The minimum absolute atomic E-state index is 0.376. The maximum atomic E-state index is 10.6. The topological polar surface area (TPSA) is 191 Å². The molecule has 10 N–H and O–H groups in total. The number of rotatable bonds is 11. The van der Waals surface area contributed by atoms with Crippen LogP contribution in [0.3, 0.4) is 0 Å². The summed E-state index contributed by atoms with van der Waals surface area (Å²) in [5.74, 6) is 0.847. The molecule has 0 aliphatic heterocycles. The molecule has 25 heavy (non-hydrogen) atoms. The number of hydrogen-bond donors (Lipinski definition) is 6. The second-order valence-corrected chi connectivity index (χ2v) is 8.07. The molecule has 0 aliphatic rings. The smallest absolute Gasteiger partial charge is 0.324 e. The number of nitrogens with zero attached hydrogens (tertiary/aromatic N) is 1. The fraction of sp³-hybridized carbons (Fsp3) is 0.786. The van der Waals surface area contributed by atoms with Crippen LogP contribution in [0.15, 0.2) is 4.99 Å². The first-order valence-electron chi connectivity index (χ1n) is 7.53. The van der Waals surface area contributed by atoms with Crippen LogP contribution in [0, 0.1) is 0 Å². The summed E-state index contributed by atoms with van der Waals surface area (Å²) in [5.41, 5.74) is 19.2. The number of carbonyl (C=O) groups is 2. The van der Waals surface area contributed by atoms with Crippen LogP contribution >= 0.6 is 23.5 Å². The van der Waals surface area contributed by atoms with Crippen molar-refractivity contribution in [2.24, 2.45) is 27.9 Å². The van der Waals surface area contributed by atoms with Gasteiger partial charge >= 0.3 is 11.9 Å². The zero-order valence-electron chi connectivity index (χ0n) is 15.0. The zero-order chi connectivity index (χ0) is 20.1. The Kier molecular flexibility index (Phi) is 13.9. The Morgan fingerprint density at radius 2 is 1.40 bits per heavy atom. The molecule has 0 rings (SSSR count). The van der Waals surface area contributed by atoms with Crippen molar-refractivity contribution in [1.82, 2.24) is 0 Å². The van der Waals surface area contributed by atoms with Gasteiger partial charge < -0.3 is 33.1 Å². The molecule has 0 aromatic carbocycles. The Labute approximate surface area is 157 Å². The van der Waals surface area contributed by atoms with Gasteiger partial charge in [-0.05, 0) is 20.8 Å². The van der Waals surface area contributed by atoms with Crippen molar-refractivity contribution in [3.05, 3.63) is 0 Å². The summed E-state index contributed by atoms with van der Waals surface area (Å²) >= 11 is 2.92. The van der Waals surface area contributed by atoms with Gasteiger partial charge in [0.25, 0.3) is 0 Å². The van der Waals surface area contributed by atoms with Gasteiger partial charge in [0.1, 0.15) is 11.1 Å². The van der Waals surface area contributed by atoms with Gasteiger partial charge in [-0.1, -0.05) is 0 Å². The molecule has 0 saturated carbocycles. The summed E-state index contributed by atoms with van der Waals surface area (Å²) in [4.78, 5) is 25.0. The van der Waals surface area contributed by atoms with Crippen LogP contribution < -0.4 is 22.9 Å². The minimum atomic E-state index is -1.16. The average Bonchev–Trinajstić information content (AvgIpc) is 2.47. The molecule has 0 bridgehead atoms. The first kappa shape index (κ1) is 26.2. The summed E-state index contributed by atoms with van der Waals surface area (Å²) in [7, 11) is 0. The van der Waals surface area contributed by atoms with Crippen molar-refractivity contribution in [3.8, 4) is 0 Å². The number of nitrogens with two attached hydrogens (primary N) is 4. The molecule has 2 unspecified atom stereocenters. The van der Waals surface area contributed by atoms with Crippen LogP contribution in [0.1, 0.15) is 20.8 Å². The van der Waals surface area contributed by atoms with Crippen molar-refractivity contribution in [2.75, 3.05) is 36.1 Å². The van der Waals surface area contributed by atoms with Crippen molar-refractivity contribution in [3.63, 3.8) is 0 Å². The summed E-state index contributed by atoms with van der Waals surface area (Å²) in [6.07, 6.45) is 0. The SMILES string of the molecule is CC(N)(CSCCN)C(=O)O.CC(N)=NCCSCC(C)(N)C(=O)O. The molecule has 0 heterocycles. The fourth-order valence-corrected chi connectivity index (χ4v) is 2.83. The van der Waals surface area contributed by atoms with Gasteiger partial charge in [0, 0.05) is 36.1 Å². The Morgan fingerprint density at radius 3 is 1.72 bits per heavy atom. The van der Waals surface area contributed by atoms with E-state index in [1.807, 2.05) is 0 Å². The molecule has 148 valence electrons. The number of aliphatic imine (C=N–C) groups is 1. The third-order valence-corrected chi connectivity index (χ3v) is 5.24. The largest absolute Gasteiger partial charge is 0.480 e. The lowest BCUT2D eigenvalue weighted by Gasteiger charge is -2.17. The maximum absolute atomic E-state index is 10.6. The highest BCUT2D eigenvalue weighted by atomic mass is 32.2. The molecule has 0 aliphatic carbocycles. The van der Waals surface area contributed by atoms with Crippen LogP contribution in [0.25, 0.3) is 0 Å². The van der Waals surface area contributed by atoms with Gasteiger partial charge in [-0.3, -0.25) is 14.6 Å². The van der Waals surface area contributed by atoms with Gasteiger partial charge in [-0.25, -0.2) is 0 Å². The summed E-state index contributed by atoms with van der Waals surface area (Å²) < 4.78 is 0. The predicted octanol–water partition coefficient (Wildman–Crippen LogP) is -0.621. The van der Waals surface area contributed by atoms with Gasteiger partial charge in [0.2, 0.25) is 0 Å². The molecule has 0 aromatic heterocycles. The second kappa shape index (κ2) is 13.2. The van der Waals surface area contributed by atoms with Crippen molar-refractivity contribution in [1.29, 1.82) is 0 Å². The molecular weight excluding hydrogens is 366 g/mol. The molecule has 0 amide bonds. The molecule has 2 atom stereocenters. The summed E-state index contributed by atoms with van der Waals surface area (Å²) in [6, 6.07) is 0. The predicted molar refractivity (Wildman–Crippen MR) is 106 cm³/mol. The van der Waals surface area contributed by atoms with Crippen molar-refractivity contribution >= 4 is 41.3 Å². The average molecular weight is 398 g/mol. The number of amidine groups is 1. The van der Waals surface area contributed by atoms with Crippen LogP contribution in [-0.4, -0.2) is 75.2 Å². The Morgan fingerprint density at radius 1 is 1.00 bits per heavy atom. The van der Waals surface area contributed by atoms with E-state index < -0.39 is 23.0 Å². The van der Waals surface area contributed by atoms with Crippen molar-refractivity contribution in [2.45, 2.75) is 31.8 Å². The van der Waals surface area contributed by atoms with E-state index in [0.717, 1.165) is 11.5 Å². The normalized spacial score (nSPS) is 16.2. The quantitative estimate of drug-likeness (QED) is 0.149. The summed E-state index contributed by atoms with van der Waals surface area (Å²) in [6.45, 7) is 5.87. The lowest BCUT2D eigenvalue weighted by molar-refractivity contribution is -0.142. The number of aliphatic carboxylic acids is 2. The van der Waals surface area contributed by atoms with Crippen LogP contribution in [-0.2, 0) is 9.59 Å². The molecule has 0 spiro atoms. The maximum Gasteiger partial charge on any atom is 0.324 e. The standard InChI is InChI=1S/C8H17N3O2S.C6H14N2O2S/c1-6(9)11-3-4-14-5-8(2,10)7(12)13;1-6(8,5(9)10)4-11-3-2-7/h3-5,10H2,1-2H3,(H2,9,11)(H,12,13);2-4,7-8H2,1H3,(H,9,10). The van der Waals surface area contributed by atoms with Gasteiger partial charge in [-0.2, -0.15) is 23.5 Å². The van der Waals surface area contributed by atoms with Crippen LogP contribution in [0.4, 0.5) is 0 Å². The van der Waals surface area contributed by atoms with Crippen LogP contribution in [0.2, 0.25) is 0 Å². The highest BCUT2D eigenvalue weighted by molar-refractivity contribution is 7.99. The van der Waals surface area contributed by atoms with E-state index in [-0.39, 0.29) is 0 Å². The molecule has 0 fully saturated rings. The van der Waals surface area contributed by atoms with E-state index in [2.05, 4.69) is 4.99 Å². The number of carboxylic acid groups (broad SMARTS) is 2.